The maximum absolute atomic E-state index is 12.7. The average molecular weight is 590 g/mol. The van der Waals surface area contributed by atoms with Gasteiger partial charge in [-0.1, -0.05) is 25.8 Å². The van der Waals surface area contributed by atoms with Gasteiger partial charge < -0.3 is 14.5 Å². The zero-order valence-electron chi connectivity index (χ0n) is 22.6. The SMILES string of the molecule is CCCCCNC(=O)c1coc[n+]1CC1CCCN1Cc1cc(OC)ccc1CCC(=O)NS(=O)(=O)C(F)(F)F. The summed E-state index contributed by atoms with van der Waals surface area (Å²) in [5.74, 6) is -0.866. The van der Waals surface area contributed by atoms with Crippen molar-refractivity contribution in [1.29, 1.82) is 0 Å². The number of amides is 2. The van der Waals surface area contributed by atoms with Crippen LogP contribution < -0.4 is 19.3 Å². The quantitative estimate of drug-likeness (QED) is 0.257. The van der Waals surface area contributed by atoms with Crippen molar-refractivity contribution >= 4 is 21.8 Å². The number of benzene rings is 1. The molecular formula is C26H36F3N4O6S+. The smallest absolute Gasteiger partial charge is 0.497 e. The lowest BCUT2D eigenvalue weighted by Gasteiger charge is -2.24. The van der Waals surface area contributed by atoms with Gasteiger partial charge >= 0.3 is 33.5 Å². The fourth-order valence-corrected chi connectivity index (χ4v) is 5.19. The van der Waals surface area contributed by atoms with Crippen LogP contribution in [0.5, 0.6) is 5.75 Å². The normalized spacial score (nSPS) is 16.2. The Balaban J connectivity index is 1.68. The topological polar surface area (TPSA) is 122 Å². The number of hydrogen-bond acceptors (Lipinski definition) is 7. The van der Waals surface area contributed by atoms with Gasteiger partial charge in [-0.2, -0.15) is 26.2 Å². The van der Waals surface area contributed by atoms with Crippen LogP contribution in [0.2, 0.25) is 0 Å². The molecule has 1 aliphatic rings. The molecule has 2 aromatic rings. The van der Waals surface area contributed by atoms with Crippen LogP contribution in [0.15, 0.2) is 35.3 Å². The fraction of sp³-hybridized carbons (Fsp3) is 0.577. The van der Waals surface area contributed by atoms with Crippen LogP contribution in [0.1, 0.15) is 67.1 Å². The summed E-state index contributed by atoms with van der Waals surface area (Å²) in [6.07, 6.45) is 7.34. The molecule has 14 heteroatoms. The molecule has 222 valence electrons. The number of carbonyl (C=O) groups excluding carboxylic acids is 2. The van der Waals surface area contributed by atoms with Crippen LogP contribution in [0.4, 0.5) is 13.2 Å². The number of aryl methyl sites for hydroxylation is 1. The van der Waals surface area contributed by atoms with Crippen molar-refractivity contribution in [1.82, 2.24) is 14.9 Å². The van der Waals surface area contributed by atoms with Crippen LogP contribution in [0.25, 0.3) is 0 Å². The van der Waals surface area contributed by atoms with Gasteiger partial charge in [-0.15, -0.1) is 0 Å². The zero-order valence-corrected chi connectivity index (χ0v) is 23.4. The number of likely N-dealkylation sites (tertiary alicyclic amines) is 1. The maximum atomic E-state index is 12.7. The lowest BCUT2D eigenvalue weighted by Crippen LogP contribution is -2.48. The first-order valence-electron chi connectivity index (χ1n) is 13.2. The summed E-state index contributed by atoms with van der Waals surface area (Å²) < 4.78 is 73.9. The second-order valence-corrected chi connectivity index (χ2v) is 11.4. The third-order valence-corrected chi connectivity index (χ3v) is 7.95. The fourth-order valence-electron chi connectivity index (χ4n) is 4.67. The van der Waals surface area contributed by atoms with Gasteiger partial charge in [0.1, 0.15) is 5.75 Å². The predicted molar refractivity (Wildman–Crippen MR) is 139 cm³/mol. The van der Waals surface area contributed by atoms with Crippen molar-refractivity contribution in [2.75, 3.05) is 20.2 Å². The molecule has 0 bridgehead atoms. The van der Waals surface area contributed by atoms with Gasteiger partial charge in [-0.05, 0) is 55.5 Å². The summed E-state index contributed by atoms with van der Waals surface area (Å²) in [5.41, 5.74) is -3.63. The van der Waals surface area contributed by atoms with Gasteiger partial charge in [-0.3, -0.25) is 14.5 Å². The maximum Gasteiger partial charge on any atom is 0.516 e. The molecular weight excluding hydrogens is 553 g/mol. The largest absolute Gasteiger partial charge is 0.516 e. The number of rotatable bonds is 14. The Labute approximate surface area is 231 Å². The molecule has 1 saturated heterocycles. The number of nitrogens with one attached hydrogen (secondary N) is 2. The van der Waals surface area contributed by atoms with E-state index >= 15 is 0 Å². The van der Waals surface area contributed by atoms with Gasteiger partial charge in [0.15, 0.2) is 12.8 Å². The molecule has 1 aliphatic heterocycles. The van der Waals surface area contributed by atoms with Gasteiger partial charge in [0.2, 0.25) is 5.91 Å². The molecule has 0 radical (unpaired) electrons. The average Bonchev–Trinajstić information content (AvgIpc) is 3.54. The van der Waals surface area contributed by atoms with E-state index in [1.807, 2.05) is 0 Å². The van der Waals surface area contributed by atoms with Crippen molar-refractivity contribution in [3.63, 3.8) is 0 Å². The van der Waals surface area contributed by atoms with Gasteiger partial charge in [0.25, 0.3) is 0 Å². The Bertz CT molecular complexity index is 1270. The number of nitrogens with zero attached hydrogens (tertiary/aromatic N) is 2. The molecule has 3 rings (SSSR count). The first-order chi connectivity index (χ1) is 18.9. The molecule has 0 aliphatic carbocycles. The van der Waals surface area contributed by atoms with E-state index in [1.165, 1.54) is 19.8 Å². The number of sulfonamides is 1. The van der Waals surface area contributed by atoms with E-state index in [4.69, 9.17) is 9.15 Å². The van der Waals surface area contributed by atoms with E-state index in [2.05, 4.69) is 17.1 Å². The third kappa shape index (κ3) is 8.43. The van der Waals surface area contributed by atoms with Crippen molar-refractivity contribution in [3.05, 3.63) is 47.7 Å². The number of ether oxygens (including phenoxy) is 1. The third-order valence-electron chi connectivity index (χ3n) is 6.84. The predicted octanol–water partition coefficient (Wildman–Crippen LogP) is 3.06. The highest BCUT2D eigenvalue weighted by atomic mass is 32.2. The van der Waals surface area contributed by atoms with Crippen molar-refractivity contribution in [2.45, 2.75) is 76.5 Å². The standard InChI is InChI=1S/C26H35F3N4O6S/c1-3-4-5-12-30-25(35)23-17-39-18-33(23)16-21-7-6-13-32(21)15-20-14-22(38-2)10-8-19(20)9-11-24(34)31-40(36,37)26(27,28)29/h8,10,14,17-18,21H,3-7,9,11-13,15-16H2,1-2H3,(H-,30,31,34,35)/p+1. The minimum Gasteiger partial charge on any atom is -0.497 e. The summed E-state index contributed by atoms with van der Waals surface area (Å²) in [5, 5.41) is 2.92. The van der Waals surface area contributed by atoms with E-state index in [-0.39, 0.29) is 18.4 Å². The van der Waals surface area contributed by atoms with Crippen molar-refractivity contribution in [2.24, 2.45) is 0 Å². The molecule has 0 saturated carbocycles. The van der Waals surface area contributed by atoms with Crippen molar-refractivity contribution in [3.8, 4) is 5.75 Å². The van der Waals surface area contributed by atoms with Crippen LogP contribution in [-0.4, -0.2) is 56.9 Å². The summed E-state index contributed by atoms with van der Waals surface area (Å²) in [6.45, 7) is 4.45. The summed E-state index contributed by atoms with van der Waals surface area (Å²) in [6, 6.07) is 5.27. The molecule has 1 atom stereocenters. The highest BCUT2D eigenvalue weighted by molar-refractivity contribution is 7.90. The first kappa shape index (κ1) is 31.4. The molecule has 2 heterocycles. The molecule has 2 N–H and O–H groups in total. The Kier molecular flexibility index (Phi) is 11.0. The molecule has 40 heavy (non-hydrogen) atoms. The van der Waals surface area contributed by atoms with E-state index in [0.717, 1.165) is 48.9 Å². The first-order valence-corrected chi connectivity index (χ1v) is 14.7. The van der Waals surface area contributed by atoms with E-state index in [0.29, 0.717) is 36.6 Å². The molecule has 1 unspecified atom stereocenters. The van der Waals surface area contributed by atoms with Crippen LogP contribution >= 0.6 is 0 Å². The Morgan fingerprint density at radius 2 is 2.00 bits per heavy atom. The molecule has 1 aromatic heterocycles. The molecule has 0 spiro atoms. The van der Waals surface area contributed by atoms with Crippen molar-refractivity contribution < 1.29 is 44.9 Å². The Hall–Kier alpha value is -3.13. The van der Waals surface area contributed by atoms with Crippen LogP contribution in [-0.2, 0) is 34.3 Å². The second-order valence-electron chi connectivity index (χ2n) is 9.74. The number of halogens is 3. The lowest BCUT2D eigenvalue weighted by molar-refractivity contribution is -0.705. The van der Waals surface area contributed by atoms with E-state index < -0.39 is 27.9 Å². The number of alkyl halides is 3. The van der Waals surface area contributed by atoms with E-state index in [1.54, 1.807) is 22.8 Å². The lowest BCUT2D eigenvalue weighted by atomic mass is 10.0. The molecule has 1 aromatic carbocycles. The number of methoxy groups -OCH3 is 1. The highest BCUT2D eigenvalue weighted by Crippen LogP contribution is 2.26. The molecule has 10 nitrogen and oxygen atoms in total. The monoisotopic (exact) mass is 589 g/mol. The van der Waals surface area contributed by atoms with Crippen LogP contribution in [0, 0.1) is 0 Å². The Morgan fingerprint density at radius 3 is 2.70 bits per heavy atom. The van der Waals surface area contributed by atoms with Crippen LogP contribution in [0.3, 0.4) is 0 Å². The number of carbonyl (C=O) groups is 2. The Morgan fingerprint density at radius 1 is 1.23 bits per heavy atom. The molecule has 1 fully saturated rings. The summed E-state index contributed by atoms with van der Waals surface area (Å²) in [7, 11) is -4.25. The van der Waals surface area contributed by atoms with Gasteiger partial charge in [-0.25, -0.2) is 4.72 Å². The number of unbranched alkanes of at least 4 members (excludes halogenated alkanes) is 2. The molecule has 2 amide bonds. The second kappa shape index (κ2) is 14.0. The highest BCUT2D eigenvalue weighted by Gasteiger charge is 2.46. The van der Waals surface area contributed by atoms with Gasteiger partial charge in [0.05, 0.1) is 13.2 Å². The number of oxazole rings is 1. The zero-order chi connectivity index (χ0) is 29.3. The summed E-state index contributed by atoms with van der Waals surface area (Å²) in [4.78, 5) is 26.9. The minimum absolute atomic E-state index is 0.0376. The number of aromatic nitrogens is 1. The summed E-state index contributed by atoms with van der Waals surface area (Å²) >= 11 is 0. The van der Waals surface area contributed by atoms with Gasteiger partial charge in [0, 0.05) is 19.5 Å². The minimum atomic E-state index is -5.76. The number of hydrogen-bond donors (Lipinski definition) is 2. The van der Waals surface area contributed by atoms with E-state index in [9.17, 15) is 31.2 Å².